The van der Waals surface area contributed by atoms with Crippen LogP contribution in [0.5, 0.6) is 0 Å². The topological polar surface area (TPSA) is 84.8 Å². The number of halogens is 3. The summed E-state index contributed by atoms with van der Waals surface area (Å²) in [5.41, 5.74) is -1.08. The van der Waals surface area contributed by atoms with E-state index >= 15 is 0 Å². The molecule has 0 bridgehead atoms. The molecule has 11 heteroatoms. The number of tetrazole rings is 1. The summed E-state index contributed by atoms with van der Waals surface area (Å²) < 4.78 is 47.9. The molecule has 2 saturated heterocycles. The number of aromatic nitrogens is 6. The Morgan fingerprint density at radius 1 is 1.19 bits per heavy atom. The SMILES string of the molecule is FC(F)(F)c1nc(CN2CCCCC2)n(C[C@@H]2CCO2)c1-c1nnn[nH]1. The molecule has 0 amide bonds. The van der Waals surface area contributed by atoms with Gasteiger partial charge in [-0.3, -0.25) is 4.90 Å². The van der Waals surface area contributed by atoms with E-state index in [1.807, 2.05) is 0 Å². The molecule has 26 heavy (non-hydrogen) atoms. The van der Waals surface area contributed by atoms with Crippen molar-refractivity contribution in [3.8, 4) is 11.5 Å². The van der Waals surface area contributed by atoms with Crippen LogP contribution in [0.2, 0.25) is 0 Å². The molecule has 8 nitrogen and oxygen atoms in total. The molecule has 1 atom stereocenters. The maximum atomic E-state index is 13.6. The van der Waals surface area contributed by atoms with E-state index in [1.54, 1.807) is 4.57 Å². The van der Waals surface area contributed by atoms with Crippen molar-refractivity contribution in [3.63, 3.8) is 0 Å². The molecule has 0 saturated carbocycles. The molecule has 0 aliphatic carbocycles. The van der Waals surface area contributed by atoms with Gasteiger partial charge in [-0.15, -0.1) is 5.10 Å². The molecule has 4 rings (SSSR count). The second-order valence-corrected chi connectivity index (χ2v) is 6.70. The number of hydrogen-bond donors (Lipinski definition) is 1. The van der Waals surface area contributed by atoms with Gasteiger partial charge in [0.2, 0.25) is 0 Å². The van der Waals surface area contributed by atoms with E-state index in [0.29, 0.717) is 25.5 Å². The average Bonchev–Trinajstić information content (AvgIpc) is 3.19. The number of aromatic amines is 1. The fraction of sp³-hybridized carbons (Fsp3) is 0.733. The van der Waals surface area contributed by atoms with Gasteiger partial charge < -0.3 is 9.30 Å². The summed E-state index contributed by atoms with van der Waals surface area (Å²) in [6, 6.07) is 0. The molecule has 142 valence electrons. The number of piperidine rings is 1. The number of hydrogen-bond acceptors (Lipinski definition) is 6. The highest BCUT2D eigenvalue weighted by Crippen LogP contribution is 2.37. The summed E-state index contributed by atoms with van der Waals surface area (Å²) in [5.74, 6) is 0.343. The Bertz CT molecular complexity index is 733. The van der Waals surface area contributed by atoms with Gasteiger partial charge >= 0.3 is 6.18 Å². The van der Waals surface area contributed by atoms with Crippen LogP contribution in [-0.2, 0) is 24.0 Å². The van der Waals surface area contributed by atoms with E-state index in [-0.39, 0.29) is 17.6 Å². The molecule has 0 aromatic carbocycles. The first-order chi connectivity index (χ1) is 12.5. The van der Waals surface area contributed by atoms with Gasteiger partial charge in [-0.05, 0) is 42.8 Å². The van der Waals surface area contributed by atoms with Gasteiger partial charge in [0.05, 0.1) is 19.2 Å². The Hall–Kier alpha value is -2.01. The van der Waals surface area contributed by atoms with Crippen molar-refractivity contribution in [1.29, 1.82) is 0 Å². The zero-order valence-corrected chi connectivity index (χ0v) is 14.2. The number of likely N-dealkylation sites (tertiary alicyclic amines) is 1. The summed E-state index contributed by atoms with van der Waals surface area (Å²) >= 11 is 0. The molecular weight excluding hydrogens is 351 g/mol. The quantitative estimate of drug-likeness (QED) is 0.864. The highest BCUT2D eigenvalue weighted by Gasteiger charge is 2.41. The molecule has 2 aliphatic rings. The lowest BCUT2D eigenvalue weighted by molar-refractivity contribution is -0.140. The number of rotatable bonds is 5. The van der Waals surface area contributed by atoms with E-state index in [1.165, 1.54) is 0 Å². The normalized spacial score (nSPS) is 21.7. The third kappa shape index (κ3) is 3.45. The summed E-state index contributed by atoms with van der Waals surface area (Å²) in [4.78, 5) is 6.11. The van der Waals surface area contributed by atoms with Crippen molar-refractivity contribution in [2.45, 2.75) is 51.1 Å². The Morgan fingerprint density at radius 2 is 1.96 bits per heavy atom. The number of imidazole rings is 1. The van der Waals surface area contributed by atoms with Crippen molar-refractivity contribution in [1.82, 2.24) is 35.1 Å². The summed E-state index contributed by atoms with van der Waals surface area (Å²) in [5, 5.41) is 13.0. The maximum Gasteiger partial charge on any atom is 0.435 e. The molecule has 2 aromatic rings. The van der Waals surface area contributed by atoms with Crippen molar-refractivity contribution in [2.24, 2.45) is 0 Å². The summed E-state index contributed by atoms with van der Waals surface area (Å²) in [6.45, 7) is 3.05. The molecule has 2 aromatic heterocycles. The minimum Gasteiger partial charge on any atom is -0.376 e. The zero-order chi connectivity index (χ0) is 18.1. The summed E-state index contributed by atoms with van der Waals surface area (Å²) in [6.07, 6.45) is -0.625. The molecule has 0 unspecified atom stereocenters. The van der Waals surface area contributed by atoms with Crippen molar-refractivity contribution < 1.29 is 17.9 Å². The first kappa shape index (κ1) is 17.4. The van der Waals surface area contributed by atoms with Gasteiger partial charge in [0, 0.05) is 6.61 Å². The third-order valence-corrected chi connectivity index (χ3v) is 4.88. The van der Waals surface area contributed by atoms with E-state index < -0.39 is 11.9 Å². The van der Waals surface area contributed by atoms with Gasteiger partial charge in [0.1, 0.15) is 11.5 Å². The van der Waals surface area contributed by atoms with Crippen LogP contribution in [-0.4, -0.2) is 60.9 Å². The van der Waals surface area contributed by atoms with E-state index in [4.69, 9.17) is 4.74 Å². The minimum absolute atomic E-state index is 0.0333. The molecule has 1 N–H and O–H groups in total. The fourth-order valence-corrected chi connectivity index (χ4v) is 3.46. The van der Waals surface area contributed by atoms with E-state index in [9.17, 15) is 13.2 Å². The van der Waals surface area contributed by atoms with Crippen LogP contribution in [0.1, 0.15) is 37.2 Å². The number of H-pyrrole nitrogens is 1. The molecule has 4 heterocycles. The second-order valence-electron chi connectivity index (χ2n) is 6.70. The highest BCUT2D eigenvalue weighted by atomic mass is 19.4. The van der Waals surface area contributed by atoms with Crippen molar-refractivity contribution >= 4 is 0 Å². The predicted octanol–water partition coefficient (Wildman–Crippen LogP) is 1.86. The molecule has 2 aliphatic heterocycles. The standard InChI is InChI=1S/C15H20F3N7O/c16-15(17,18)13-12(14-20-22-23-21-14)25(8-10-4-7-26-10)11(19-13)9-24-5-2-1-3-6-24/h10H,1-9H2,(H,20,21,22,23)/t10-/m0/s1. The lowest BCUT2D eigenvalue weighted by Crippen LogP contribution is -2.34. The number of alkyl halides is 3. The second kappa shape index (κ2) is 6.95. The maximum absolute atomic E-state index is 13.6. The number of nitrogens with one attached hydrogen (secondary N) is 1. The zero-order valence-electron chi connectivity index (χ0n) is 14.2. The third-order valence-electron chi connectivity index (χ3n) is 4.88. The molecular formula is C15H20F3N7O. The van der Waals surface area contributed by atoms with E-state index in [0.717, 1.165) is 38.8 Å². The average molecular weight is 371 g/mol. The predicted molar refractivity (Wildman–Crippen MR) is 83.9 cm³/mol. The largest absolute Gasteiger partial charge is 0.435 e. The van der Waals surface area contributed by atoms with Crippen molar-refractivity contribution in [2.75, 3.05) is 19.7 Å². The Labute approximate surface area is 147 Å². The van der Waals surface area contributed by atoms with Crippen LogP contribution in [0.4, 0.5) is 13.2 Å². The lowest BCUT2D eigenvalue weighted by Gasteiger charge is -2.29. The van der Waals surface area contributed by atoms with Crippen LogP contribution in [0.25, 0.3) is 11.5 Å². The van der Waals surface area contributed by atoms with Crippen molar-refractivity contribution in [3.05, 3.63) is 11.5 Å². The van der Waals surface area contributed by atoms with Gasteiger partial charge in [0.15, 0.2) is 11.5 Å². The van der Waals surface area contributed by atoms with Crippen LogP contribution in [0.3, 0.4) is 0 Å². The Kier molecular flexibility index (Phi) is 4.65. The van der Waals surface area contributed by atoms with Gasteiger partial charge in [-0.2, -0.15) is 13.2 Å². The van der Waals surface area contributed by atoms with Crippen LogP contribution in [0.15, 0.2) is 0 Å². The van der Waals surface area contributed by atoms with Crippen LogP contribution >= 0.6 is 0 Å². The highest BCUT2D eigenvalue weighted by molar-refractivity contribution is 5.54. The monoisotopic (exact) mass is 371 g/mol. The van der Waals surface area contributed by atoms with Crippen LogP contribution in [0, 0.1) is 0 Å². The first-order valence-corrected chi connectivity index (χ1v) is 8.77. The number of nitrogens with zero attached hydrogens (tertiary/aromatic N) is 6. The Balaban J connectivity index is 1.75. The molecule has 2 fully saturated rings. The summed E-state index contributed by atoms with van der Waals surface area (Å²) in [7, 11) is 0. The molecule has 0 radical (unpaired) electrons. The van der Waals surface area contributed by atoms with Crippen LogP contribution < -0.4 is 0 Å². The minimum atomic E-state index is -4.59. The first-order valence-electron chi connectivity index (χ1n) is 8.77. The van der Waals surface area contributed by atoms with E-state index in [2.05, 4.69) is 30.5 Å². The smallest absolute Gasteiger partial charge is 0.376 e. The lowest BCUT2D eigenvalue weighted by atomic mass is 10.1. The van der Waals surface area contributed by atoms with Gasteiger partial charge in [-0.1, -0.05) is 6.42 Å². The van der Waals surface area contributed by atoms with Gasteiger partial charge in [0.25, 0.3) is 0 Å². The van der Waals surface area contributed by atoms with Gasteiger partial charge in [-0.25, -0.2) is 10.1 Å². The fourth-order valence-electron chi connectivity index (χ4n) is 3.46. The number of ether oxygens (including phenoxy) is 1. The Morgan fingerprint density at radius 3 is 2.54 bits per heavy atom. The molecule has 0 spiro atoms.